The molecular formula is C10H10N2O2. The molecule has 1 aromatic carbocycles. The van der Waals surface area contributed by atoms with Gasteiger partial charge in [-0.2, -0.15) is 5.26 Å². The normalized spacial score (nSPS) is 11.4. The molecule has 0 saturated carbocycles. The Hall–Kier alpha value is -1.86. The average molecular weight is 190 g/mol. The van der Waals surface area contributed by atoms with E-state index >= 15 is 0 Å². The first-order chi connectivity index (χ1) is 6.74. The molecular weight excluding hydrogens is 180 g/mol. The quantitative estimate of drug-likeness (QED) is 0.730. The van der Waals surface area contributed by atoms with Crippen molar-refractivity contribution in [1.82, 2.24) is 5.48 Å². The summed E-state index contributed by atoms with van der Waals surface area (Å²) in [5, 5.41) is 8.79. The van der Waals surface area contributed by atoms with E-state index in [0.29, 0.717) is 0 Å². The van der Waals surface area contributed by atoms with Crippen molar-refractivity contribution in [3.8, 4) is 6.07 Å². The fourth-order valence-electron chi connectivity index (χ4n) is 0.956. The molecule has 0 aromatic heterocycles. The number of benzene rings is 1. The number of carbonyl (C=O) groups excluding carboxylic acids is 1. The summed E-state index contributed by atoms with van der Waals surface area (Å²) in [4.78, 5) is 15.0. The lowest BCUT2D eigenvalue weighted by molar-refractivity contribution is -0.149. The Morgan fingerprint density at radius 2 is 2.14 bits per heavy atom. The molecule has 1 unspecified atom stereocenters. The van der Waals surface area contributed by atoms with E-state index in [4.69, 9.17) is 5.26 Å². The van der Waals surface area contributed by atoms with Gasteiger partial charge >= 0.3 is 5.97 Å². The lowest BCUT2D eigenvalue weighted by atomic mass is 10.1. The molecule has 0 bridgehead atoms. The molecule has 1 atom stereocenters. The molecule has 0 radical (unpaired) electrons. The molecule has 1 rings (SSSR count). The standard InChI is InChI=1S/C10H10N2O2/c1-8(13)14-12-10(7-11)9-5-3-2-4-6-9/h2-6,10,12H,1H3. The Morgan fingerprint density at radius 1 is 1.50 bits per heavy atom. The van der Waals surface area contributed by atoms with Gasteiger partial charge in [0.05, 0.1) is 6.07 Å². The largest absolute Gasteiger partial charge is 0.369 e. The predicted octanol–water partition coefficient (Wildman–Crippen LogP) is 1.32. The maximum Gasteiger partial charge on any atom is 0.321 e. The zero-order chi connectivity index (χ0) is 10.4. The van der Waals surface area contributed by atoms with E-state index in [9.17, 15) is 4.79 Å². The minimum absolute atomic E-state index is 0.471. The van der Waals surface area contributed by atoms with Crippen LogP contribution in [-0.2, 0) is 9.63 Å². The first-order valence-corrected chi connectivity index (χ1v) is 4.11. The minimum Gasteiger partial charge on any atom is -0.369 e. The molecule has 14 heavy (non-hydrogen) atoms. The Bertz CT molecular complexity index is 343. The number of nitrogens with zero attached hydrogens (tertiary/aromatic N) is 1. The highest BCUT2D eigenvalue weighted by molar-refractivity contribution is 5.65. The van der Waals surface area contributed by atoms with Crippen molar-refractivity contribution in [2.75, 3.05) is 0 Å². The van der Waals surface area contributed by atoms with E-state index in [0.717, 1.165) is 5.56 Å². The van der Waals surface area contributed by atoms with Crippen LogP contribution < -0.4 is 5.48 Å². The first kappa shape index (κ1) is 10.2. The monoisotopic (exact) mass is 190 g/mol. The second kappa shape index (κ2) is 5.00. The van der Waals surface area contributed by atoms with Crippen LogP contribution in [0.5, 0.6) is 0 Å². The highest BCUT2D eigenvalue weighted by Crippen LogP contribution is 2.10. The number of rotatable bonds is 3. The van der Waals surface area contributed by atoms with Crippen LogP contribution in [0.2, 0.25) is 0 Å². The maximum absolute atomic E-state index is 10.5. The second-order valence-electron chi connectivity index (χ2n) is 2.68. The van der Waals surface area contributed by atoms with Gasteiger partial charge in [-0.1, -0.05) is 30.3 Å². The maximum atomic E-state index is 10.5. The molecule has 0 spiro atoms. The SMILES string of the molecule is CC(=O)ONC(C#N)c1ccccc1. The summed E-state index contributed by atoms with van der Waals surface area (Å²) in [6.45, 7) is 1.27. The third-order valence-electron chi connectivity index (χ3n) is 1.58. The lowest BCUT2D eigenvalue weighted by Crippen LogP contribution is -2.22. The van der Waals surface area contributed by atoms with E-state index in [2.05, 4.69) is 10.3 Å². The number of hydrogen-bond acceptors (Lipinski definition) is 4. The van der Waals surface area contributed by atoms with Crippen LogP contribution in [0.3, 0.4) is 0 Å². The van der Waals surface area contributed by atoms with Crippen molar-refractivity contribution in [2.45, 2.75) is 13.0 Å². The first-order valence-electron chi connectivity index (χ1n) is 4.11. The molecule has 0 aliphatic heterocycles. The highest BCUT2D eigenvalue weighted by Gasteiger charge is 2.10. The molecule has 0 aliphatic rings. The van der Waals surface area contributed by atoms with Gasteiger partial charge in [0.15, 0.2) is 6.04 Å². The van der Waals surface area contributed by atoms with E-state index in [1.165, 1.54) is 6.92 Å². The van der Waals surface area contributed by atoms with Crippen molar-refractivity contribution in [2.24, 2.45) is 0 Å². The summed E-state index contributed by atoms with van der Waals surface area (Å²) < 4.78 is 0. The van der Waals surface area contributed by atoms with E-state index in [-0.39, 0.29) is 0 Å². The Morgan fingerprint density at radius 3 is 2.64 bits per heavy atom. The zero-order valence-electron chi connectivity index (χ0n) is 7.73. The summed E-state index contributed by atoms with van der Waals surface area (Å²) in [5.41, 5.74) is 3.13. The van der Waals surface area contributed by atoms with Crippen molar-refractivity contribution in [1.29, 1.82) is 5.26 Å². The molecule has 0 amide bonds. The van der Waals surface area contributed by atoms with Gasteiger partial charge in [-0.3, -0.25) is 4.79 Å². The van der Waals surface area contributed by atoms with Gasteiger partial charge < -0.3 is 4.84 Å². The van der Waals surface area contributed by atoms with Gasteiger partial charge in [-0.15, -0.1) is 5.48 Å². The van der Waals surface area contributed by atoms with Crippen LogP contribution >= 0.6 is 0 Å². The minimum atomic E-state index is -0.625. The third kappa shape index (κ3) is 2.88. The molecule has 4 heteroatoms. The topological polar surface area (TPSA) is 62.1 Å². The van der Waals surface area contributed by atoms with E-state index < -0.39 is 12.0 Å². The van der Waals surface area contributed by atoms with Gasteiger partial charge in [0.2, 0.25) is 0 Å². The van der Waals surface area contributed by atoms with Gasteiger partial charge in [0.1, 0.15) is 0 Å². The van der Waals surface area contributed by atoms with Crippen molar-refractivity contribution in [3.05, 3.63) is 35.9 Å². The highest BCUT2D eigenvalue weighted by atomic mass is 16.7. The number of hydroxylamine groups is 1. The van der Waals surface area contributed by atoms with Crippen LogP contribution in [0.1, 0.15) is 18.5 Å². The number of nitrogens with one attached hydrogen (secondary N) is 1. The fraction of sp³-hybridized carbons (Fsp3) is 0.200. The second-order valence-corrected chi connectivity index (χ2v) is 2.68. The average Bonchev–Trinajstić information content (AvgIpc) is 2.20. The molecule has 4 nitrogen and oxygen atoms in total. The number of hydrogen-bond donors (Lipinski definition) is 1. The van der Waals surface area contributed by atoms with Gasteiger partial charge in [0.25, 0.3) is 0 Å². The molecule has 0 saturated heterocycles. The van der Waals surface area contributed by atoms with Crippen molar-refractivity contribution < 1.29 is 9.63 Å². The fourth-order valence-corrected chi connectivity index (χ4v) is 0.956. The predicted molar refractivity (Wildman–Crippen MR) is 49.7 cm³/mol. The molecule has 0 heterocycles. The number of nitriles is 1. The Labute approximate surface area is 82.1 Å². The van der Waals surface area contributed by atoms with Crippen LogP contribution in [0, 0.1) is 11.3 Å². The van der Waals surface area contributed by atoms with Crippen LogP contribution in [-0.4, -0.2) is 5.97 Å². The summed E-state index contributed by atoms with van der Waals surface area (Å²) in [5.74, 6) is -0.471. The van der Waals surface area contributed by atoms with E-state index in [1.54, 1.807) is 12.1 Å². The zero-order valence-corrected chi connectivity index (χ0v) is 7.73. The summed E-state index contributed by atoms with van der Waals surface area (Å²) >= 11 is 0. The van der Waals surface area contributed by atoms with Crippen molar-refractivity contribution in [3.63, 3.8) is 0 Å². The van der Waals surface area contributed by atoms with Crippen LogP contribution in [0.4, 0.5) is 0 Å². The van der Waals surface area contributed by atoms with E-state index in [1.807, 2.05) is 24.3 Å². The molecule has 0 fully saturated rings. The smallest absolute Gasteiger partial charge is 0.321 e. The summed E-state index contributed by atoms with van der Waals surface area (Å²) in [6, 6.07) is 10.4. The van der Waals surface area contributed by atoms with Gasteiger partial charge in [0, 0.05) is 6.92 Å². The molecule has 0 aliphatic carbocycles. The van der Waals surface area contributed by atoms with Crippen molar-refractivity contribution >= 4 is 5.97 Å². The van der Waals surface area contributed by atoms with Crippen LogP contribution in [0.15, 0.2) is 30.3 Å². The Balaban J connectivity index is 2.65. The summed E-state index contributed by atoms with van der Waals surface area (Å²) in [6.07, 6.45) is 0. The Kier molecular flexibility index (Phi) is 3.65. The lowest BCUT2D eigenvalue weighted by Gasteiger charge is -2.09. The number of carbonyl (C=O) groups is 1. The van der Waals surface area contributed by atoms with Crippen LogP contribution in [0.25, 0.3) is 0 Å². The summed E-state index contributed by atoms with van der Waals surface area (Å²) in [7, 11) is 0. The third-order valence-corrected chi connectivity index (χ3v) is 1.58. The van der Waals surface area contributed by atoms with Gasteiger partial charge in [-0.25, -0.2) is 0 Å². The molecule has 1 aromatic rings. The molecule has 72 valence electrons. The molecule has 1 N–H and O–H groups in total. The van der Waals surface area contributed by atoms with Gasteiger partial charge in [-0.05, 0) is 5.56 Å².